The summed E-state index contributed by atoms with van der Waals surface area (Å²) in [5.41, 5.74) is 0.826. The van der Waals surface area contributed by atoms with Crippen LogP contribution in [0.15, 0.2) is 48.8 Å². The van der Waals surface area contributed by atoms with E-state index in [1.54, 1.807) is 6.07 Å². The first-order valence-corrected chi connectivity index (χ1v) is 4.92. The molecule has 1 aromatic heterocycles. The number of pyridine rings is 1. The van der Waals surface area contributed by atoms with E-state index in [1.807, 2.05) is 47.4 Å². The predicted octanol–water partition coefficient (Wildman–Crippen LogP) is 2.01. The standard InChI is InChI=1S/C13H11NO2/c15-12-5-4-11(10-13(12)16)6-9-14-7-2-1-3-8-14/h1-10H,(H-,15,16)/p+1. The Morgan fingerprint density at radius 1 is 0.938 bits per heavy atom. The van der Waals surface area contributed by atoms with Crippen molar-refractivity contribution in [2.24, 2.45) is 0 Å². The molecule has 2 aromatic rings. The average molecular weight is 214 g/mol. The molecule has 0 atom stereocenters. The maximum absolute atomic E-state index is 9.31. The molecule has 16 heavy (non-hydrogen) atoms. The molecule has 0 radical (unpaired) electrons. The first-order valence-electron chi connectivity index (χ1n) is 4.92. The molecule has 0 fully saturated rings. The van der Waals surface area contributed by atoms with Crippen molar-refractivity contribution in [2.45, 2.75) is 0 Å². The highest BCUT2D eigenvalue weighted by Gasteiger charge is 1.98. The molecule has 0 aliphatic heterocycles. The van der Waals surface area contributed by atoms with Crippen LogP contribution in [0.5, 0.6) is 11.5 Å². The lowest BCUT2D eigenvalue weighted by molar-refractivity contribution is -0.567. The lowest BCUT2D eigenvalue weighted by Gasteiger charge is -1.97. The molecule has 2 rings (SSSR count). The minimum atomic E-state index is -0.111. The first-order chi connectivity index (χ1) is 7.75. The predicted molar refractivity (Wildman–Crippen MR) is 61.6 cm³/mol. The van der Waals surface area contributed by atoms with Gasteiger partial charge in [-0.05, 0) is 17.7 Å². The molecule has 1 heterocycles. The van der Waals surface area contributed by atoms with E-state index in [9.17, 15) is 5.11 Å². The molecule has 2 N–H and O–H groups in total. The van der Waals surface area contributed by atoms with Crippen molar-refractivity contribution in [2.75, 3.05) is 0 Å². The van der Waals surface area contributed by atoms with Crippen molar-refractivity contribution in [1.29, 1.82) is 0 Å². The molecule has 0 amide bonds. The summed E-state index contributed by atoms with van der Waals surface area (Å²) >= 11 is 0. The van der Waals surface area contributed by atoms with Crippen LogP contribution in [-0.4, -0.2) is 10.2 Å². The third-order valence-electron chi connectivity index (χ3n) is 2.18. The van der Waals surface area contributed by atoms with Gasteiger partial charge in [0.25, 0.3) is 0 Å². The number of aromatic nitrogens is 1. The Labute approximate surface area is 93.5 Å². The number of benzene rings is 1. The fraction of sp³-hybridized carbons (Fsp3) is 0. The van der Waals surface area contributed by atoms with Crippen molar-refractivity contribution in [3.8, 4) is 11.5 Å². The van der Waals surface area contributed by atoms with E-state index in [4.69, 9.17) is 5.11 Å². The number of nitrogens with zero attached hydrogens (tertiary/aromatic N) is 1. The second kappa shape index (κ2) is 4.49. The molecule has 3 nitrogen and oxygen atoms in total. The molecule has 0 unspecified atom stereocenters. The Kier molecular flexibility index (Phi) is 2.87. The minimum absolute atomic E-state index is 0.107. The van der Waals surface area contributed by atoms with Crippen molar-refractivity contribution in [3.05, 3.63) is 54.4 Å². The molecule has 0 saturated heterocycles. The molecule has 80 valence electrons. The number of aromatic hydroxyl groups is 2. The van der Waals surface area contributed by atoms with Gasteiger partial charge in [0.2, 0.25) is 0 Å². The second-order valence-electron chi connectivity index (χ2n) is 3.39. The monoisotopic (exact) mass is 214 g/mol. The minimum Gasteiger partial charge on any atom is -0.504 e. The zero-order valence-corrected chi connectivity index (χ0v) is 8.62. The normalized spacial score (nSPS) is 10.8. The average Bonchev–Trinajstić information content (AvgIpc) is 2.32. The Hall–Kier alpha value is -2.29. The molecular weight excluding hydrogens is 202 g/mol. The molecule has 0 aliphatic rings. The van der Waals surface area contributed by atoms with Gasteiger partial charge in [0.05, 0.1) is 0 Å². The van der Waals surface area contributed by atoms with Crippen LogP contribution in [0.25, 0.3) is 12.3 Å². The third kappa shape index (κ3) is 2.39. The lowest BCUT2D eigenvalue weighted by atomic mass is 10.2. The summed E-state index contributed by atoms with van der Waals surface area (Å²) in [6.45, 7) is 0. The number of rotatable bonds is 2. The zero-order valence-electron chi connectivity index (χ0n) is 8.62. The van der Waals surface area contributed by atoms with Crippen molar-refractivity contribution in [1.82, 2.24) is 0 Å². The van der Waals surface area contributed by atoms with Crippen LogP contribution in [0.2, 0.25) is 0 Å². The van der Waals surface area contributed by atoms with Gasteiger partial charge in [-0.25, -0.2) is 0 Å². The van der Waals surface area contributed by atoms with Crippen molar-refractivity contribution >= 4 is 12.3 Å². The molecule has 0 saturated carbocycles. The Morgan fingerprint density at radius 3 is 2.38 bits per heavy atom. The quantitative estimate of drug-likeness (QED) is 0.593. The highest BCUT2D eigenvalue weighted by molar-refractivity contribution is 5.60. The second-order valence-corrected chi connectivity index (χ2v) is 3.39. The number of hydrogen-bond acceptors (Lipinski definition) is 2. The van der Waals surface area contributed by atoms with E-state index in [1.165, 1.54) is 12.1 Å². The number of phenolic OH excluding ortho intramolecular Hbond substituents is 2. The van der Waals surface area contributed by atoms with E-state index in [0.717, 1.165) is 5.56 Å². The van der Waals surface area contributed by atoms with Crippen LogP contribution < -0.4 is 4.57 Å². The highest BCUT2D eigenvalue weighted by atomic mass is 16.3. The molecule has 0 aliphatic carbocycles. The largest absolute Gasteiger partial charge is 0.504 e. The Bertz CT molecular complexity index is 507. The van der Waals surface area contributed by atoms with Gasteiger partial charge < -0.3 is 10.2 Å². The molecule has 0 bridgehead atoms. The maximum Gasteiger partial charge on any atom is 0.175 e. The van der Waals surface area contributed by atoms with Crippen LogP contribution in [-0.2, 0) is 0 Å². The number of hydrogen-bond donors (Lipinski definition) is 2. The molecule has 1 aromatic carbocycles. The van der Waals surface area contributed by atoms with Crippen LogP contribution in [0, 0.1) is 0 Å². The van der Waals surface area contributed by atoms with E-state index in [-0.39, 0.29) is 11.5 Å². The fourth-order valence-corrected chi connectivity index (χ4v) is 1.33. The van der Waals surface area contributed by atoms with E-state index < -0.39 is 0 Å². The Morgan fingerprint density at radius 2 is 1.69 bits per heavy atom. The third-order valence-corrected chi connectivity index (χ3v) is 2.18. The number of phenols is 2. The van der Waals surface area contributed by atoms with Gasteiger partial charge in [0.15, 0.2) is 30.1 Å². The van der Waals surface area contributed by atoms with Crippen LogP contribution in [0.1, 0.15) is 5.56 Å². The Balaban J connectivity index is 2.21. The molecular formula is C13H12NO2+. The lowest BCUT2D eigenvalue weighted by Crippen LogP contribution is -2.23. The van der Waals surface area contributed by atoms with Crippen molar-refractivity contribution < 1.29 is 14.8 Å². The van der Waals surface area contributed by atoms with Gasteiger partial charge in [0.1, 0.15) is 0 Å². The van der Waals surface area contributed by atoms with Gasteiger partial charge in [-0.3, -0.25) is 0 Å². The van der Waals surface area contributed by atoms with E-state index in [2.05, 4.69) is 0 Å². The zero-order chi connectivity index (χ0) is 11.4. The van der Waals surface area contributed by atoms with E-state index >= 15 is 0 Å². The fourth-order valence-electron chi connectivity index (χ4n) is 1.33. The van der Waals surface area contributed by atoms with Gasteiger partial charge in [-0.1, -0.05) is 12.1 Å². The summed E-state index contributed by atoms with van der Waals surface area (Å²) in [6, 6.07) is 10.5. The first kappa shape index (κ1) is 10.2. The summed E-state index contributed by atoms with van der Waals surface area (Å²) in [4.78, 5) is 0. The topological polar surface area (TPSA) is 44.3 Å². The van der Waals surface area contributed by atoms with Crippen LogP contribution in [0.4, 0.5) is 0 Å². The maximum atomic E-state index is 9.31. The molecule has 0 spiro atoms. The summed E-state index contributed by atoms with van der Waals surface area (Å²) in [7, 11) is 0. The van der Waals surface area contributed by atoms with Crippen LogP contribution >= 0.6 is 0 Å². The summed E-state index contributed by atoms with van der Waals surface area (Å²) in [6.07, 6.45) is 7.54. The smallest absolute Gasteiger partial charge is 0.175 e. The van der Waals surface area contributed by atoms with Gasteiger partial charge in [-0.2, -0.15) is 4.57 Å². The summed E-state index contributed by atoms with van der Waals surface area (Å²) in [5.74, 6) is -0.218. The highest BCUT2D eigenvalue weighted by Crippen LogP contribution is 2.25. The summed E-state index contributed by atoms with van der Waals surface area (Å²) in [5, 5.41) is 18.5. The van der Waals surface area contributed by atoms with Crippen molar-refractivity contribution in [3.63, 3.8) is 0 Å². The van der Waals surface area contributed by atoms with Crippen LogP contribution in [0.3, 0.4) is 0 Å². The van der Waals surface area contributed by atoms with E-state index in [0.29, 0.717) is 0 Å². The van der Waals surface area contributed by atoms with Gasteiger partial charge >= 0.3 is 0 Å². The van der Waals surface area contributed by atoms with Gasteiger partial charge in [0, 0.05) is 18.2 Å². The molecule has 3 heteroatoms. The SMILES string of the molecule is Oc1ccc(C=C[n+]2ccccc2)cc1O. The summed E-state index contributed by atoms with van der Waals surface area (Å²) < 4.78 is 1.89. The van der Waals surface area contributed by atoms with Gasteiger partial charge in [-0.15, -0.1) is 0 Å².